The topological polar surface area (TPSA) is 37.6 Å². The van der Waals surface area contributed by atoms with Gasteiger partial charge in [0.1, 0.15) is 5.65 Å². The Hall–Kier alpha value is -1.50. The van der Waals surface area contributed by atoms with E-state index in [0.29, 0.717) is 12.2 Å². The van der Waals surface area contributed by atoms with Crippen molar-refractivity contribution < 1.29 is 0 Å². The van der Waals surface area contributed by atoms with Crippen LogP contribution in [0.3, 0.4) is 0 Å². The first-order valence-corrected chi connectivity index (χ1v) is 9.11. The van der Waals surface area contributed by atoms with E-state index in [0.717, 1.165) is 28.1 Å². The molecule has 23 heavy (non-hydrogen) atoms. The molecule has 0 amide bonds. The van der Waals surface area contributed by atoms with Gasteiger partial charge in [0.25, 0.3) is 5.56 Å². The molecule has 0 aliphatic heterocycles. The van der Waals surface area contributed by atoms with Gasteiger partial charge in [-0.2, -0.15) is 0 Å². The van der Waals surface area contributed by atoms with E-state index in [1.807, 2.05) is 25.3 Å². The molecule has 0 radical (unpaired) electrons. The largest absolute Gasteiger partial charge is 0.293 e. The lowest BCUT2D eigenvalue weighted by Gasteiger charge is -2.19. The van der Waals surface area contributed by atoms with E-state index in [2.05, 4.69) is 44.9 Å². The minimum atomic E-state index is -0.0244. The van der Waals surface area contributed by atoms with Gasteiger partial charge in [0.2, 0.25) is 0 Å². The number of aromatic nitrogens is 2. The molecule has 120 valence electrons. The summed E-state index contributed by atoms with van der Waals surface area (Å²) in [4.78, 5) is 20.5. The van der Waals surface area contributed by atoms with Gasteiger partial charge in [0, 0.05) is 30.2 Å². The summed E-state index contributed by atoms with van der Waals surface area (Å²) < 4.78 is 2.74. The molecule has 3 aromatic rings. The van der Waals surface area contributed by atoms with Gasteiger partial charge in [-0.3, -0.25) is 14.1 Å². The average molecular weight is 392 g/mol. The van der Waals surface area contributed by atoms with E-state index >= 15 is 0 Å². The summed E-state index contributed by atoms with van der Waals surface area (Å²) in [6.07, 6.45) is 1.83. The Labute approximate surface area is 147 Å². The SMILES string of the molecule is CCN(Cc1cc(=O)n2cc(C)ccc2n1)Cc1ccc(Br)s1. The van der Waals surface area contributed by atoms with Gasteiger partial charge in [-0.25, -0.2) is 4.98 Å². The fourth-order valence-corrected chi connectivity index (χ4v) is 4.03. The predicted molar refractivity (Wildman–Crippen MR) is 98.0 cm³/mol. The Morgan fingerprint density at radius 1 is 1.26 bits per heavy atom. The third-order valence-electron chi connectivity index (χ3n) is 3.70. The molecule has 0 saturated carbocycles. The molecule has 0 aromatic carbocycles. The van der Waals surface area contributed by atoms with Crippen molar-refractivity contribution in [3.63, 3.8) is 0 Å². The van der Waals surface area contributed by atoms with E-state index in [9.17, 15) is 4.79 Å². The molecule has 0 spiro atoms. The highest BCUT2D eigenvalue weighted by Gasteiger charge is 2.10. The summed E-state index contributed by atoms with van der Waals surface area (Å²) in [5, 5.41) is 0. The van der Waals surface area contributed by atoms with Crippen molar-refractivity contribution in [1.82, 2.24) is 14.3 Å². The molecule has 3 rings (SSSR count). The van der Waals surface area contributed by atoms with Gasteiger partial charge in [-0.05, 0) is 53.2 Å². The number of hydrogen-bond acceptors (Lipinski definition) is 4. The zero-order chi connectivity index (χ0) is 16.4. The molecule has 3 aromatic heterocycles. The van der Waals surface area contributed by atoms with Crippen molar-refractivity contribution in [2.24, 2.45) is 0 Å². The van der Waals surface area contributed by atoms with Crippen LogP contribution >= 0.6 is 27.3 Å². The second kappa shape index (κ2) is 6.95. The molecular formula is C17H18BrN3OS. The summed E-state index contributed by atoms with van der Waals surface area (Å²) in [7, 11) is 0. The van der Waals surface area contributed by atoms with E-state index < -0.39 is 0 Å². The van der Waals surface area contributed by atoms with Crippen LogP contribution in [-0.2, 0) is 13.1 Å². The summed E-state index contributed by atoms with van der Waals surface area (Å²) in [5.74, 6) is 0. The summed E-state index contributed by atoms with van der Waals surface area (Å²) in [6.45, 7) is 6.54. The summed E-state index contributed by atoms with van der Waals surface area (Å²) in [5.41, 5.74) is 2.54. The molecule has 0 fully saturated rings. The number of aryl methyl sites for hydroxylation is 1. The number of pyridine rings is 1. The second-order valence-corrected chi connectivity index (χ2v) is 8.08. The molecule has 6 heteroatoms. The van der Waals surface area contributed by atoms with Crippen molar-refractivity contribution in [3.05, 3.63) is 66.8 Å². The van der Waals surface area contributed by atoms with Crippen LogP contribution < -0.4 is 5.56 Å². The van der Waals surface area contributed by atoms with Crippen LogP contribution in [0.2, 0.25) is 0 Å². The molecule has 0 atom stereocenters. The van der Waals surface area contributed by atoms with Gasteiger partial charge in [-0.15, -0.1) is 11.3 Å². The molecule has 0 aliphatic carbocycles. The predicted octanol–water partition coefficient (Wildman–Crippen LogP) is 3.85. The summed E-state index contributed by atoms with van der Waals surface area (Å²) >= 11 is 5.23. The van der Waals surface area contributed by atoms with Crippen molar-refractivity contribution in [2.75, 3.05) is 6.54 Å². The minimum absolute atomic E-state index is 0.0244. The third-order valence-corrected chi connectivity index (χ3v) is 5.31. The monoisotopic (exact) mass is 391 g/mol. The number of fused-ring (bicyclic) bond motifs is 1. The molecule has 0 aliphatic rings. The Morgan fingerprint density at radius 2 is 2.09 bits per heavy atom. The Kier molecular flexibility index (Phi) is 4.94. The fraction of sp³-hybridized carbons (Fsp3) is 0.294. The lowest BCUT2D eigenvalue weighted by molar-refractivity contribution is 0.270. The first-order chi connectivity index (χ1) is 11.0. The Balaban J connectivity index is 1.84. The first kappa shape index (κ1) is 16.4. The number of nitrogens with zero attached hydrogens (tertiary/aromatic N) is 3. The summed E-state index contributed by atoms with van der Waals surface area (Å²) in [6, 6.07) is 9.71. The van der Waals surface area contributed by atoms with Crippen LogP contribution in [-0.4, -0.2) is 20.8 Å². The fourth-order valence-electron chi connectivity index (χ4n) is 2.50. The Bertz CT molecular complexity index is 887. The van der Waals surface area contributed by atoms with Crippen LogP contribution in [0.5, 0.6) is 0 Å². The maximum atomic E-state index is 12.3. The Morgan fingerprint density at radius 3 is 2.78 bits per heavy atom. The van der Waals surface area contributed by atoms with Gasteiger partial charge in [0.05, 0.1) is 9.48 Å². The van der Waals surface area contributed by atoms with Crippen molar-refractivity contribution in [2.45, 2.75) is 26.9 Å². The van der Waals surface area contributed by atoms with Gasteiger partial charge in [-0.1, -0.05) is 13.0 Å². The molecular weight excluding hydrogens is 374 g/mol. The van der Waals surface area contributed by atoms with Crippen LogP contribution in [0, 0.1) is 6.92 Å². The quantitative estimate of drug-likeness (QED) is 0.662. The minimum Gasteiger partial charge on any atom is -0.293 e. The standard InChI is InChI=1S/C17H18BrN3OS/c1-3-20(11-14-5-6-15(18)23-14)10-13-8-17(22)21-9-12(2)4-7-16(21)19-13/h4-9H,3,10-11H2,1-2H3. The van der Waals surface area contributed by atoms with Crippen LogP contribution in [0.15, 0.2) is 45.1 Å². The van der Waals surface area contributed by atoms with Crippen LogP contribution in [0.1, 0.15) is 23.1 Å². The molecule has 0 saturated heterocycles. The first-order valence-electron chi connectivity index (χ1n) is 7.50. The number of thiophene rings is 1. The lowest BCUT2D eigenvalue weighted by Crippen LogP contribution is -2.24. The van der Waals surface area contributed by atoms with E-state index in [4.69, 9.17) is 0 Å². The highest BCUT2D eigenvalue weighted by Crippen LogP contribution is 2.23. The lowest BCUT2D eigenvalue weighted by atomic mass is 10.3. The number of hydrogen-bond donors (Lipinski definition) is 0. The highest BCUT2D eigenvalue weighted by molar-refractivity contribution is 9.11. The van der Waals surface area contributed by atoms with Crippen molar-refractivity contribution >= 4 is 32.9 Å². The molecule has 0 bridgehead atoms. The van der Waals surface area contributed by atoms with Crippen molar-refractivity contribution in [3.8, 4) is 0 Å². The van der Waals surface area contributed by atoms with Crippen LogP contribution in [0.25, 0.3) is 5.65 Å². The maximum absolute atomic E-state index is 12.3. The molecule has 4 nitrogen and oxygen atoms in total. The van der Waals surface area contributed by atoms with E-state index in [-0.39, 0.29) is 5.56 Å². The van der Waals surface area contributed by atoms with Crippen LogP contribution in [0.4, 0.5) is 0 Å². The van der Waals surface area contributed by atoms with E-state index in [1.165, 1.54) is 4.88 Å². The zero-order valence-electron chi connectivity index (χ0n) is 13.1. The zero-order valence-corrected chi connectivity index (χ0v) is 15.5. The highest BCUT2D eigenvalue weighted by atomic mass is 79.9. The smallest absolute Gasteiger partial charge is 0.258 e. The maximum Gasteiger partial charge on any atom is 0.258 e. The normalized spacial score (nSPS) is 11.5. The molecule has 0 N–H and O–H groups in total. The van der Waals surface area contributed by atoms with Gasteiger partial charge in [0.15, 0.2) is 0 Å². The number of rotatable bonds is 5. The van der Waals surface area contributed by atoms with Gasteiger partial charge >= 0.3 is 0 Å². The molecule has 0 unspecified atom stereocenters. The van der Waals surface area contributed by atoms with Gasteiger partial charge < -0.3 is 0 Å². The third kappa shape index (κ3) is 3.88. The average Bonchev–Trinajstić information content (AvgIpc) is 2.92. The van der Waals surface area contributed by atoms with Crippen molar-refractivity contribution in [1.29, 1.82) is 0 Å². The second-order valence-electron chi connectivity index (χ2n) is 5.53. The number of halogens is 1. The molecule has 3 heterocycles. The van der Waals surface area contributed by atoms with E-state index in [1.54, 1.807) is 21.8 Å².